The summed E-state index contributed by atoms with van der Waals surface area (Å²) in [5, 5.41) is 4.78. The molecule has 0 aliphatic carbocycles. The largest absolute Gasteiger partial charge is 0.345 e. The number of aryl methyl sites for hydroxylation is 1. The molecule has 1 unspecified atom stereocenters. The lowest BCUT2D eigenvalue weighted by Gasteiger charge is -2.19. The van der Waals surface area contributed by atoms with E-state index < -0.39 is 0 Å². The van der Waals surface area contributed by atoms with Gasteiger partial charge in [-0.1, -0.05) is 20.8 Å². The van der Waals surface area contributed by atoms with Crippen molar-refractivity contribution in [2.75, 3.05) is 18.0 Å². The van der Waals surface area contributed by atoms with Crippen molar-refractivity contribution in [2.24, 2.45) is 5.92 Å². The summed E-state index contributed by atoms with van der Waals surface area (Å²) in [5.74, 6) is 0.705. The van der Waals surface area contributed by atoms with E-state index >= 15 is 0 Å². The average molecular weight is 281 g/mol. The molecule has 1 aromatic heterocycles. The molecule has 2 heterocycles. The third kappa shape index (κ3) is 3.69. The summed E-state index contributed by atoms with van der Waals surface area (Å²) in [6.45, 7) is 12.2. The number of hydrogen-bond acceptors (Lipinski definition) is 4. The number of aromatic nitrogens is 1. The summed E-state index contributed by atoms with van der Waals surface area (Å²) in [7, 11) is 0. The molecular weight excluding hydrogens is 254 g/mol. The van der Waals surface area contributed by atoms with Gasteiger partial charge in [-0.05, 0) is 38.6 Å². The first-order chi connectivity index (χ1) is 9.11. The zero-order valence-corrected chi connectivity index (χ0v) is 13.5. The zero-order chi connectivity index (χ0) is 13.8. The molecule has 0 saturated carbocycles. The molecule has 1 aliphatic heterocycles. The van der Waals surface area contributed by atoms with Gasteiger partial charge in [0.05, 0.1) is 5.69 Å². The first-order valence-corrected chi connectivity index (χ1v) is 8.39. The lowest BCUT2D eigenvalue weighted by molar-refractivity contribution is 0.553. The molecule has 0 spiro atoms. The monoisotopic (exact) mass is 281 g/mol. The topological polar surface area (TPSA) is 28.2 Å². The van der Waals surface area contributed by atoms with E-state index in [-0.39, 0.29) is 0 Å². The van der Waals surface area contributed by atoms with Crippen molar-refractivity contribution in [3.05, 3.63) is 10.6 Å². The van der Waals surface area contributed by atoms with Crippen LogP contribution < -0.4 is 10.2 Å². The minimum Gasteiger partial charge on any atom is -0.345 e. The predicted octanol–water partition coefficient (Wildman–Crippen LogP) is 3.44. The average Bonchev–Trinajstić information content (AvgIpc) is 2.94. The van der Waals surface area contributed by atoms with E-state index in [0.717, 1.165) is 19.5 Å². The molecular formula is C15H27N3S. The lowest BCUT2D eigenvalue weighted by atomic mass is 10.2. The van der Waals surface area contributed by atoms with Crippen LogP contribution in [0, 0.1) is 5.92 Å². The first kappa shape index (κ1) is 14.8. The van der Waals surface area contributed by atoms with Crippen LogP contribution in [-0.2, 0) is 13.0 Å². The van der Waals surface area contributed by atoms with Crippen LogP contribution in [0.4, 0.5) is 5.13 Å². The zero-order valence-electron chi connectivity index (χ0n) is 12.7. The van der Waals surface area contributed by atoms with Crippen LogP contribution in [0.15, 0.2) is 0 Å². The Morgan fingerprint density at radius 1 is 1.47 bits per heavy atom. The molecule has 0 radical (unpaired) electrons. The lowest BCUT2D eigenvalue weighted by Crippen LogP contribution is -2.25. The Labute approximate surface area is 121 Å². The van der Waals surface area contributed by atoms with Crippen LogP contribution in [-0.4, -0.2) is 24.1 Å². The van der Waals surface area contributed by atoms with E-state index in [1.807, 2.05) is 11.3 Å². The molecule has 3 nitrogen and oxygen atoms in total. The molecule has 0 amide bonds. The highest BCUT2D eigenvalue weighted by atomic mass is 32.1. The second kappa shape index (κ2) is 6.71. The van der Waals surface area contributed by atoms with Gasteiger partial charge in [0.1, 0.15) is 0 Å². The van der Waals surface area contributed by atoms with Crippen LogP contribution in [0.3, 0.4) is 0 Å². The second-order valence-electron chi connectivity index (χ2n) is 5.93. The van der Waals surface area contributed by atoms with Crippen LogP contribution in [0.25, 0.3) is 0 Å². The molecule has 0 aromatic carbocycles. The van der Waals surface area contributed by atoms with E-state index in [4.69, 9.17) is 4.98 Å². The maximum Gasteiger partial charge on any atom is 0.186 e. The van der Waals surface area contributed by atoms with E-state index in [0.29, 0.717) is 12.0 Å². The normalized spacial score (nSPS) is 19.6. The summed E-state index contributed by atoms with van der Waals surface area (Å²) >= 11 is 1.89. The van der Waals surface area contributed by atoms with Gasteiger partial charge < -0.3 is 10.2 Å². The molecule has 1 aliphatic rings. The number of hydrogen-bond donors (Lipinski definition) is 1. The summed E-state index contributed by atoms with van der Waals surface area (Å²) < 4.78 is 0. The summed E-state index contributed by atoms with van der Waals surface area (Å²) in [6.07, 6.45) is 3.66. The van der Waals surface area contributed by atoms with Crippen LogP contribution in [0.2, 0.25) is 0 Å². The molecule has 1 saturated heterocycles. The van der Waals surface area contributed by atoms with Gasteiger partial charge in [-0.2, -0.15) is 0 Å². The van der Waals surface area contributed by atoms with Crippen molar-refractivity contribution >= 4 is 16.5 Å². The van der Waals surface area contributed by atoms with Crippen LogP contribution in [0.1, 0.15) is 51.1 Å². The van der Waals surface area contributed by atoms with Gasteiger partial charge in [0.15, 0.2) is 5.13 Å². The van der Waals surface area contributed by atoms with Crippen LogP contribution >= 0.6 is 11.3 Å². The maximum atomic E-state index is 4.86. The first-order valence-electron chi connectivity index (χ1n) is 7.57. The Hall–Kier alpha value is -0.610. The van der Waals surface area contributed by atoms with Gasteiger partial charge in [-0.25, -0.2) is 4.98 Å². The fourth-order valence-corrected chi connectivity index (χ4v) is 3.85. The maximum absolute atomic E-state index is 4.86. The van der Waals surface area contributed by atoms with Crippen molar-refractivity contribution < 1.29 is 0 Å². The van der Waals surface area contributed by atoms with Crippen LogP contribution in [0.5, 0.6) is 0 Å². The van der Waals surface area contributed by atoms with E-state index in [1.54, 1.807) is 0 Å². The van der Waals surface area contributed by atoms with Gasteiger partial charge in [-0.15, -0.1) is 11.3 Å². The molecule has 2 rings (SSSR count). The molecule has 1 atom stereocenters. The van der Waals surface area contributed by atoms with Crippen molar-refractivity contribution in [3.63, 3.8) is 0 Å². The molecule has 108 valence electrons. The standard InChI is InChI=1S/C15H27N3S/c1-5-13-14(10-16-9-11(2)3)19-15(17-13)18-8-6-7-12(18)4/h11-12,16H,5-10H2,1-4H3. The number of rotatable bonds is 6. The highest BCUT2D eigenvalue weighted by Crippen LogP contribution is 2.31. The number of anilines is 1. The summed E-state index contributed by atoms with van der Waals surface area (Å²) in [5.41, 5.74) is 1.29. The Morgan fingerprint density at radius 3 is 2.84 bits per heavy atom. The van der Waals surface area contributed by atoms with Gasteiger partial charge in [0.2, 0.25) is 0 Å². The third-order valence-corrected chi connectivity index (χ3v) is 4.87. The second-order valence-corrected chi connectivity index (χ2v) is 6.99. The Balaban J connectivity index is 2.04. The molecule has 1 N–H and O–H groups in total. The van der Waals surface area contributed by atoms with E-state index in [9.17, 15) is 0 Å². The SMILES string of the molecule is CCc1nc(N2CCCC2C)sc1CNCC(C)C. The Morgan fingerprint density at radius 2 is 2.26 bits per heavy atom. The third-order valence-electron chi connectivity index (χ3n) is 3.74. The van der Waals surface area contributed by atoms with Crippen molar-refractivity contribution in [1.29, 1.82) is 0 Å². The number of nitrogens with one attached hydrogen (secondary N) is 1. The molecule has 0 bridgehead atoms. The van der Waals surface area contributed by atoms with E-state index in [2.05, 4.69) is 37.9 Å². The van der Waals surface area contributed by atoms with E-state index in [1.165, 1.54) is 35.1 Å². The highest BCUT2D eigenvalue weighted by molar-refractivity contribution is 7.15. The van der Waals surface area contributed by atoms with Gasteiger partial charge >= 0.3 is 0 Å². The fraction of sp³-hybridized carbons (Fsp3) is 0.800. The highest BCUT2D eigenvalue weighted by Gasteiger charge is 2.24. The fourth-order valence-electron chi connectivity index (χ4n) is 2.60. The Bertz CT molecular complexity index is 400. The molecule has 19 heavy (non-hydrogen) atoms. The van der Waals surface area contributed by atoms with Crippen molar-refractivity contribution in [3.8, 4) is 0 Å². The van der Waals surface area contributed by atoms with Crippen molar-refractivity contribution in [1.82, 2.24) is 10.3 Å². The minimum absolute atomic E-state index is 0.660. The Kier molecular flexibility index (Phi) is 5.22. The van der Waals surface area contributed by atoms with Gasteiger partial charge in [0.25, 0.3) is 0 Å². The smallest absolute Gasteiger partial charge is 0.186 e. The molecule has 1 fully saturated rings. The number of thiazole rings is 1. The predicted molar refractivity (Wildman–Crippen MR) is 84.1 cm³/mol. The summed E-state index contributed by atoms with van der Waals surface area (Å²) in [6, 6.07) is 0.660. The van der Waals surface area contributed by atoms with Crippen molar-refractivity contribution in [2.45, 2.75) is 59.5 Å². The van der Waals surface area contributed by atoms with Gasteiger partial charge in [-0.3, -0.25) is 0 Å². The molecule has 4 heteroatoms. The minimum atomic E-state index is 0.660. The number of nitrogens with zero attached hydrogens (tertiary/aromatic N) is 2. The molecule has 1 aromatic rings. The summed E-state index contributed by atoms with van der Waals surface area (Å²) in [4.78, 5) is 8.77. The quantitative estimate of drug-likeness (QED) is 0.866. The van der Waals surface area contributed by atoms with Gasteiger partial charge in [0, 0.05) is 24.0 Å².